The van der Waals surface area contributed by atoms with Gasteiger partial charge < -0.3 is 19.1 Å². The second-order valence-electron chi connectivity index (χ2n) is 7.95. The summed E-state index contributed by atoms with van der Waals surface area (Å²) in [5, 5.41) is 0.0845. The molecule has 0 fully saturated rings. The van der Waals surface area contributed by atoms with Gasteiger partial charge >= 0.3 is 11.9 Å². The maximum absolute atomic E-state index is 15.2. The normalized spacial score (nSPS) is 13.4. The number of carbonyl (C=O) groups is 3. The van der Waals surface area contributed by atoms with Crippen LogP contribution in [0.5, 0.6) is 0 Å². The largest absolute Gasteiger partial charge is 0.465 e. The van der Waals surface area contributed by atoms with Gasteiger partial charge in [0.15, 0.2) is 0 Å². The average Bonchev–Trinajstić information content (AvgIpc) is 2.88. The van der Waals surface area contributed by atoms with E-state index in [1.807, 2.05) is 0 Å². The van der Waals surface area contributed by atoms with Crippen molar-refractivity contribution in [1.29, 1.82) is 0 Å². The minimum Gasteiger partial charge on any atom is -0.465 e. The van der Waals surface area contributed by atoms with Crippen LogP contribution < -0.4 is 4.90 Å². The van der Waals surface area contributed by atoms with Crippen LogP contribution in [0.25, 0.3) is 0 Å². The summed E-state index contributed by atoms with van der Waals surface area (Å²) < 4.78 is 30.1. The Morgan fingerprint density at radius 3 is 2.39 bits per heavy atom. The summed E-state index contributed by atoms with van der Waals surface area (Å²) in [6, 6.07) is 5.28. The molecule has 36 heavy (non-hydrogen) atoms. The number of carbonyl (C=O) groups excluding carboxylic acids is 3. The van der Waals surface area contributed by atoms with Gasteiger partial charge in [-0.05, 0) is 49.4 Å². The van der Waals surface area contributed by atoms with Crippen LogP contribution in [0.1, 0.15) is 41.6 Å². The second-order valence-corrected chi connectivity index (χ2v) is 8.74. The van der Waals surface area contributed by atoms with E-state index in [9.17, 15) is 14.4 Å². The summed E-state index contributed by atoms with van der Waals surface area (Å²) in [5.41, 5.74) is 0.690. The summed E-state index contributed by atoms with van der Waals surface area (Å²) in [4.78, 5) is 44.0. The number of pyridine rings is 1. The fraction of sp³-hybridized carbons (Fsp3) is 0.360. The third-order valence-electron chi connectivity index (χ3n) is 5.60. The smallest absolute Gasteiger partial charge is 0.339 e. The standard InChI is InChI=1S/C25H25Cl2FN2O6/c1-34-9-10-36-25(33)17-6-4-3-5-16(17)23(31)30(14-15-7-8-22(27)29-13-15)21-11-18(24(32)35-2)19(26)12-20(21)28/h7-8,11-13H,3-6,9-10,14H2,1-2H3. The van der Waals surface area contributed by atoms with E-state index in [0.717, 1.165) is 24.1 Å². The van der Waals surface area contributed by atoms with E-state index >= 15 is 4.39 Å². The molecule has 1 heterocycles. The first-order valence-corrected chi connectivity index (χ1v) is 11.9. The number of aromatic nitrogens is 1. The molecule has 0 spiro atoms. The number of esters is 2. The lowest BCUT2D eigenvalue weighted by Crippen LogP contribution is -2.35. The van der Waals surface area contributed by atoms with Crippen LogP contribution in [0, 0.1) is 5.82 Å². The zero-order valence-electron chi connectivity index (χ0n) is 19.8. The molecular formula is C25H25Cl2FN2O6. The Bertz CT molecular complexity index is 1170. The average molecular weight is 539 g/mol. The number of ether oxygens (including phenoxy) is 3. The van der Waals surface area contributed by atoms with E-state index in [1.165, 1.54) is 19.4 Å². The van der Waals surface area contributed by atoms with Crippen LogP contribution >= 0.6 is 23.2 Å². The molecule has 0 radical (unpaired) electrons. The van der Waals surface area contributed by atoms with Crippen LogP contribution in [0.2, 0.25) is 10.2 Å². The van der Waals surface area contributed by atoms with Gasteiger partial charge in [0, 0.05) is 24.5 Å². The number of benzene rings is 1. The number of amides is 1. The van der Waals surface area contributed by atoms with Crippen LogP contribution in [0.15, 0.2) is 41.6 Å². The first-order chi connectivity index (χ1) is 17.3. The van der Waals surface area contributed by atoms with Gasteiger partial charge in [-0.3, -0.25) is 4.79 Å². The van der Waals surface area contributed by atoms with E-state index in [1.54, 1.807) is 6.07 Å². The Balaban J connectivity index is 2.09. The highest BCUT2D eigenvalue weighted by Gasteiger charge is 2.31. The molecule has 0 N–H and O–H groups in total. The van der Waals surface area contributed by atoms with Crippen LogP contribution in [-0.4, -0.2) is 50.3 Å². The van der Waals surface area contributed by atoms with Crippen molar-refractivity contribution in [2.45, 2.75) is 32.2 Å². The van der Waals surface area contributed by atoms with Gasteiger partial charge in [-0.25, -0.2) is 19.0 Å². The fourth-order valence-electron chi connectivity index (χ4n) is 3.79. The Hall–Kier alpha value is -3.01. The Kier molecular flexibility index (Phi) is 9.81. The number of anilines is 1. The molecule has 11 heteroatoms. The predicted molar refractivity (Wildman–Crippen MR) is 132 cm³/mol. The Labute approximate surface area is 217 Å². The highest BCUT2D eigenvalue weighted by molar-refractivity contribution is 6.33. The Morgan fingerprint density at radius 2 is 1.75 bits per heavy atom. The number of nitrogens with zero attached hydrogens (tertiary/aromatic N) is 2. The van der Waals surface area contributed by atoms with E-state index in [-0.39, 0.29) is 52.3 Å². The van der Waals surface area contributed by atoms with Gasteiger partial charge in [-0.15, -0.1) is 0 Å². The third kappa shape index (κ3) is 6.60. The van der Waals surface area contributed by atoms with Crippen molar-refractivity contribution in [3.63, 3.8) is 0 Å². The predicted octanol–water partition coefficient (Wildman–Crippen LogP) is 4.91. The van der Waals surface area contributed by atoms with Gasteiger partial charge in [0.05, 0.1) is 36.5 Å². The summed E-state index contributed by atoms with van der Waals surface area (Å²) in [7, 11) is 2.65. The van der Waals surface area contributed by atoms with Crippen molar-refractivity contribution in [2.24, 2.45) is 0 Å². The van der Waals surface area contributed by atoms with Gasteiger partial charge in [-0.1, -0.05) is 29.3 Å². The van der Waals surface area contributed by atoms with Crippen molar-refractivity contribution in [3.8, 4) is 0 Å². The highest BCUT2D eigenvalue weighted by atomic mass is 35.5. The van der Waals surface area contributed by atoms with Crippen molar-refractivity contribution >= 4 is 46.7 Å². The number of rotatable bonds is 9. The molecule has 1 aliphatic carbocycles. The summed E-state index contributed by atoms with van der Waals surface area (Å²) in [6.45, 7) is 0.136. The van der Waals surface area contributed by atoms with Gasteiger partial charge in [0.25, 0.3) is 5.91 Å². The molecule has 0 saturated heterocycles. The zero-order valence-corrected chi connectivity index (χ0v) is 21.3. The molecule has 1 aliphatic rings. The molecule has 8 nitrogen and oxygen atoms in total. The van der Waals surface area contributed by atoms with Crippen molar-refractivity contribution in [2.75, 3.05) is 32.3 Å². The maximum Gasteiger partial charge on any atom is 0.339 e. The SMILES string of the molecule is COCCOC(=O)C1=C(C(=O)N(Cc2ccc(Cl)nc2)c2cc(C(=O)OC)c(Cl)cc2F)CCCC1. The molecule has 1 aromatic heterocycles. The molecule has 1 amide bonds. The highest BCUT2D eigenvalue weighted by Crippen LogP contribution is 2.33. The number of methoxy groups -OCH3 is 2. The lowest BCUT2D eigenvalue weighted by Gasteiger charge is -2.28. The summed E-state index contributed by atoms with van der Waals surface area (Å²) >= 11 is 11.9. The molecule has 3 rings (SSSR count). The molecule has 0 bridgehead atoms. The minimum absolute atomic E-state index is 0.0365. The second kappa shape index (κ2) is 12.8. The van der Waals surface area contributed by atoms with E-state index in [0.29, 0.717) is 31.2 Å². The van der Waals surface area contributed by atoms with Crippen molar-refractivity contribution < 1.29 is 33.0 Å². The molecular weight excluding hydrogens is 514 g/mol. The molecule has 0 unspecified atom stereocenters. The minimum atomic E-state index is -0.830. The van der Waals surface area contributed by atoms with E-state index in [2.05, 4.69) is 4.98 Å². The fourth-order valence-corrected chi connectivity index (χ4v) is 4.13. The first-order valence-electron chi connectivity index (χ1n) is 11.1. The molecule has 192 valence electrons. The van der Waals surface area contributed by atoms with E-state index < -0.39 is 23.7 Å². The summed E-state index contributed by atoms with van der Waals surface area (Å²) in [5.74, 6) is -2.83. The van der Waals surface area contributed by atoms with Crippen molar-refractivity contribution in [1.82, 2.24) is 4.98 Å². The lowest BCUT2D eigenvalue weighted by atomic mass is 9.90. The number of hydrogen-bond donors (Lipinski definition) is 0. The number of halogens is 3. The molecule has 2 aromatic rings. The lowest BCUT2D eigenvalue weighted by molar-refractivity contribution is -0.140. The quantitative estimate of drug-likeness (QED) is 0.254. The van der Waals surface area contributed by atoms with Crippen molar-refractivity contribution in [3.05, 3.63) is 68.7 Å². The van der Waals surface area contributed by atoms with Crippen LogP contribution in [-0.2, 0) is 30.3 Å². The third-order valence-corrected chi connectivity index (χ3v) is 6.14. The molecule has 0 aliphatic heterocycles. The molecule has 1 aromatic carbocycles. The van der Waals surface area contributed by atoms with Gasteiger partial charge in [0.2, 0.25) is 0 Å². The maximum atomic E-state index is 15.2. The zero-order chi connectivity index (χ0) is 26.2. The summed E-state index contributed by atoms with van der Waals surface area (Å²) in [6.07, 6.45) is 3.48. The first kappa shape index (κ1) is 27.6. The monoisotopic (exact) mass is 538 g/mol. The van der Waals surface area contributed by atoms with E-state index in [4.69, 9.17) is 37.4 Å². The van der Waals surface area contributed by atoms with Crippen LogP contribution in [0.3, 0.4) is 0 Å². The van der Waals surface area contributed by atoms with Gasteiger partial charge in [-0.2, -0.15) is 0 Å². The molecule has 0 atom stereocenters. The molecule has 0 saturated carbocycles. The Morgan fingerprint density at radius 1 is 1.03 bits per heavy atom. The van der Waals surface area contributed by atoms with Crippen LogP contribution in [0.4, 0.5) is 10.1 Å². The topological polar surface area (TPSA) is 95.0 Å². The number of hydrogen-bond acceptors (Lipinski definition) is 7. The van der Waals surface area contributed by atoms with Gasteiger partial charge in [0.1, 0.15) is 17.6 Å².